The Morgan fingerprint density at radius 2 is 2.43 bits per heavy atom. The summed E-state index contributed by atoms with van der Waals surface area (Å²) in [5, 5.41) is 7.55. The first-order valence-corrected chi connectivity index (χ1v) is 5.55. The van der Waals surface area contributed by atoms with E-state index in [-0.39, 0.29) is 0 Å². The van der Waals surface area contributed by atoms with Crippen LogP contribution in [0.4, 0.5) is 0 Å². The van der Waals surface area contributed by atoms with Gasteiger partial charge in [-0.1, -0.05) is 6.42 Å². The van der Waals surface area contributed by atoms with Crippen molar-refractivity contribution < 1.29 is 0 Å². The molecule has 1 aliphatic rings. The van der Waals surface area contributed by atoms with Gasteiger partial charge in [-0.25, -0.2) is 0 Å². The van der Waals surface area contributed by atoms with E-state index in [1.54, 1.807) is 0 Å². The second kappa shape index (κ2) is 4.60. The van der Waals surface area contributed by atoms with Crippen molar-refractivity contribution >= 4 is 0 Å². The number of nitrogens with zero attached hydrogens (tertiary/aromatic N) is 2. The average molecular weight is 193 g/mol. The highest BCUT2D eigenvalue weighted by atomic mass is 15.3. The maximum absolute atomic E-state index is 4.38. The minimum Gasteiger partial charge on any atom is -0.319 e. The molecule has 78 valence electrons. The minimum absolute atomic E-state index is 0.892. The third-order valence-electron chi connectivity index (χ3n) is 3.09. The van der Waals surface area contributed by atoms with Crippen LogP contribution in [0.2, 0.25) is 0 Å². The smallest absolute Gasteiger partial charge is 0.0492 e. The summed E-state index contributed by atoms with van der Waals surface area (Å²) < 4.78 is 2.18. The molecule has 0 atom stereocenters. The molecule has 0 aliphatic heterocycles. The van der Waals surface area contributed by atoms with Crippen molar-refractivity contribution in [3.8, 4) is 0 Å². The van der Waals surface area contributed by atoms with Crippen LogP contribution in [0.5, 0.6) is 0 Å². The Balaban J connectivity index is 1.90. The van der Waals surface area contributed by atoms with Crippen LogP contribution < -0.4 is 5.32 Å². The minimum atomic E-state index is 0.892. The van der Waals surface area contributed by atoms with Gasteiger partial charge in [0.1, 0.15) is 0 Å². The third kappa shape index (κ3) is 2.15. The fraction of sp³-hybridized carbons (Fsp3) is 0.727. The largest absolute Gasteiger partial charge is 0.319 e. The first kappa shape index (κ1) is 9.71. The van der Waals surface area contributed by atoms with E-state index in [9.17, 15) is 0 Å². The number of aromatic nitrogens is 2. The summed E-state index contributed by atoms with van der Waals surface area (Å²) in [5.74, 6) is 0.892. The Labute approximate surface area is 85.5 Å². The Morgan fingerprint density at radius 3 is 3.07 bits per heavy atom. The van der Waals surface area contributed by atoms with Crippen molar-refractivity contribution in [2.45, 2.75) is 32.2 Å². The predicted molar refractivity (Wildman–Crippen MR) is 57.2 cm³/mol. The zero-order valence-electron chi connectivity index (χ0n) is 8.87. The van der Waals surface area contributed by atoms with Gasteiger partial charge in [-0.05, 0) is 31.9 Å². The fourth-order valence-electron chi connectivity index (χ4n) is 1.91. The van der Waals surface area contributed by atoms with Crippen molar-refractivity contribution in [1.82, 2.24) is 15.1 Å². The van der Waals surface area contributed by atoms with Crippen LogP contribution in [0.1, 0.15) is 25.0 Å². The normalized spacial score (nSPS) is 16.9. The quantitative estimate of drug-likeness (QED) is 0.767. The summed E-state index contributed by atoms with van der Waals surface area (Å²) in [5.41, 5.74) is 1.37. The van der Waals surface area contributed by atoms with Gasteiger partial charge in [0.05, 0.1) is 0 Å². The van der Waals surface area contributed by atoms with E-state index in [0.717, 1.165) is 25.4 Å². The maximum atomic E-state index is 4.38. The van der Waals surface area contributed by atoms with Crippen LogP contribution >= 0.6 is 0 Å². The lowest BCUT2D eigenvalue weighted by molar-refractivity contribution is 0.263. The average Bonchev–Trinajstić information content (AvgIpc) is 2.55. The van der Waals surface area contributed by atoms with Crippen molar-refractivity contribution in [3.05, 3.63) is 18.0 Å². The Bertz CT molecular complexity index is 276. The van der Waals surface area contributed by atoms with Gasteiger partial charge < -0.3 is 5.32 Å². The molecule has 0 unspecified atom stereocenters. The molecule has 0 radical (unpaired) electrons. The highest BCUT2D eigenvalue weighted by Gasteiger charge is 2.18. The molecule has 2 rings (SSSR count). The monoisotopic (exact) mass is 193 g/mol. The molecule has 3 nitrogen and oxygen atoms in total. The molecule has 1 aromatic rings. The first-order chi connectivity index (χ1) is 6.90. The molecule has 0 bridgehead atoms. The van der Waals surface area contributed by atoms with E-state index < -0.39 is 0 Å². The molecule has 1 heterocycles. The van der Waals surface area contributed by atoms with Gasteiger partial charge in [-0.3, -0.25) is 4.68 Å². The van der Waals surface area contributed by atoms with Gasteiger partial charge in [-0.15, -0.1) is 0 Å². The van der Waals surface area contributed by atoms with Crippen LogP contribution in [0.15, 0.2) is 12.3 Å². The predicted octanol–water partition coefficient (Wildman–Crippen LogP) is 1.45. The van der Waals surface area contributed by atoms with E-state index in [4.69, 9.17) is 0 Å². The van der Waals surface area contributed by atoms with Gasteiger partial charge >= 0.3 is 0 Å². The molecule has 1 aliphatic carbocycles. The molecule has 1 saturated carbocycles. The lowest BCUT2D eigenvalue weighted by Crippen LogP contribution is -2.21. The standard InChI is InChI=1S/C11H19N3/c1-12-7-5-11-6-8-13-14(11)9-10-3-2-4-10/h6,8,10,12H,2-5,7,9H2,1H3. The van der Waals surface area contributed by atoms with Crippen molar-refractivity contribution in [3.63, 3.8) is 0 Å². The van der Waals surface area contributed by atoms with E-state index >= 15 is 0 Å². The lowest BCUT2D eigenvalue weighted by Gasteiger charge is -2.25. The molecule has 1 aromatic heterocycles. The zero-order valence-corrected chi connectivity index (χ0v) is 8.87. The number of hydrogen-bond acceptors (Lipinski definition) is 2. The van der Waals surface area contributed by atoms with Gasteiger partial charge in [0.25, 0.3) is 0 Å². The van der Waals surface area contributed by atoms with E-state index in [2.05, 4.69) is 21.2 Å². The van der Waals surface area contributed by atoms with Gasteiger partial charge in [0.2, 0.25) is 0 Å². The summed E-state index contributed by atoms with van der Waals surface area (Å²) >= 11 is 0. The summed E-state index contributed by atoms with van der Waals surface area (Å²) in [6.45, 7) is 2.17. The van der Waals surface area contributed by atoms with Crippen molar-refractivity contribution in [2.75, 3.05) is 13.6 Å². The Kier molecular flexibility index (Phi) is 3.19. The van der Waals surface area contributed by atoms with Crippen molar-refractivity contribution in [1.29, 1.82) is 0 Å². The van der Waals surface area contributed by atoms with Crippen LogP contribution in [-0.2, 0) is 13.0 Å². The number of likely N-dealkylation sites (N-methyl/N-ethyl adjacent to an activating group) is 1. The molecule has 0 aromatic carbocycles. The number of rotatable bonds is 5. The van der Waals surface area contributed by atoms with E-state index in [0.29, 0.717) is 0 Å². The number of hydrogen-bond donors (Lipinski definition) is 1. The van der Waals surface area contributed by atoms with Crippen LogP contribution in [0.25, 0.3) is 0 Å². The fourth-order valence-corrected chi connectivity index (χ4v) is 1.91. The van der Waals surface area contributed by atoms with Crippen molar-refractivity contribution in [2.24, 2.45) is 5.92 Å². The number of nitrogens with one attached hydrogen (secondary N) is 1. The lowest BCUT2D eigenvalue weighted by atomic mass is 9.85. The Hall–Kier alpha value is -0.830. The molecule has 14 heavy (non-hydrogen) atoms. The molecule has 0 spiro atoms. The molecular formula is C11H19N3. The van der Waals surface area contributed by atoms with Crippen LogP contribution in [0.3, 0.4) is 0 Å². The van der Waals surface area contributed by atoms with Gasteiger partial charge in [-0.2, -0.15) is 5.10 Å². The second-order valence-corrected chi connectivity index (χ2v) is 4.16. The van der Waals surface area contributed by atoms with Gasteiger partial charge in [0, 0.05) is 31.4 Å². The maximum Gasteiger partial charge on any atom is 0.0492 e. The van der Waals surface area contributed by atoms with E-state index in [1.165, 1.54) is 25.0 Å². The SMILES string of the molecule is CNCCc1ccnn1CC1CCC1. The van der Waals surface area contributed by atoms with E-state index in [1.807, 2.05) is 13.2 Å². The molecule has 1 N–H and O–H groups in total. The second-order valence-electron chi connectivity index (χ2n) is 4.16. The summed E-state index contributed by atoms with van der Waals surface area (Å²) in [7, 11) is 1.99. The van der Waals surface area contributed by atoms with Crippen LogP contribution in [-0.4, -0.2) is 23.4 Å². The molecule has 0 amide bonds. The Morgan fingerprint density at radius 1 is 1.57 bits per heavy atom. The summed E-state index contributed by atoms with van der Waals surface area (Å²) in [6, 6.07) is 2.13. The highest BCUT2D eigenvalue weighted by Crippen LogP contribution is 2.27. The highest BCUT2D eigenvalue weighted by molar-refractivity contribution is 5.01. The summed E-state index contributed by atoms with van der Waals surface area (Å²) in [4.78, 5) is 0. The zero-order chi connectivity index (χ0) is 9.80. The van der Waals surface area contributed by atoms with Gasteiger partial charge in [0.15, 0.2) is 0 Å². The molecular weight excluding hydrogens is 174 g/mol. The molecule has 0 saturated heterocycles. The topological polar surface area (TPSA) is 29.9 Å². The molecule has 1 fully saturated rings. The third-order valence-corrected chi connectivity index (χ3v) is 3.09. The summed E-state index contributed by atoms with van der Waals surface area (Å²) in [6.07, 6.45) is 7.21. The molecule has 3 heteroatoms. The van der Waals surface area contributed by atoms with Crippen LogP contribution in [0, 0.1) is 5.92 Å². The first-order valence-electron chi connectivity index (χ1n) is 5.55.